The van der Waals surface area contributed by atoms with Crippen LogP contribution in [0.1, 0.15) is 17.3 Å². The normalized spacial score (nSPS) is 17.8. The Morgan fingerprint density at radius 2 is 2.05 bits per heavy atom. The number of halogens is 1. The molecule has 1 atom stereocenters. The molecule has 1 amide bonds. The number of phenols is 1. The number of rotatable bonds is 4. The molecule has 6 heteroatoms. The van der Waals surface area contributed by atoms with Gasteiger partial charge in [0, 0.05) is 38.8 Å². The molecule has 1 heterocycles. The van der Waals surface area contributed by atoms with E-state index in [0.29, 0.717) is 25.6 Å². The molecule has 0 radical (unpaired) electrons. The molecule has 0 spiro atoms. The van der Waals surface area contributed by atoms with E-state index in [-0.39, 0.29) is 17.2 Å². The van der Waals surface area contributed by atoms with E-state index in [0.717, 1.165) is 25.7 Å². The van der Waals surface area contributed by atoms with E-state index in [9.17, 15) is 14.3 Å². The highest BCUT2D eigenvalue weighted by molar-refractivity contribution is 5.96. The minimum atomic E-state index is -0.551. The lowest BCUT2D eigenvalue weighted by molar-refractivity contribution is 0.0619. The highest BCUT2D eigenvalue weighted by Gasteiger charge is 2.24. The molecule has 0 aliphatic carbocycles. The third-order valence-corrected chi connectivity index (χ3v) is 3.82. The van der Waals surface area contributed by atoms with E-state index in [1.54, 1.807) is 4.90 Å². The smallest absolute Gasteiger partial charge is 0.257 e. The lowest BCUT2D eigenvalue weighted by atomic mass is 10.1. The topological polar surface area (TPSA) is 69.8 Å². The van der Waals surface area contributed by atoms with E-state index < -0.39 is 5.82 Å². The summed E-state index contributed by atoms with van der Waals surface area (Å²) in [4.78, 5) is 16.3. The highest BCUT2D eigenvalue weighted by atomic mass is 19.1. The van der Waals surface area contributed by atoms with Gasteiger partial charge in [-0.05, 0) is 24.6 Å². The van der Waals surface area contributed by atoms with Crippen LogP contribution < -0.4 is 5.73 Å². The van der Waals surface area contributed by atoms with Crippen molar-refractivity contribution >= 4 is 5.91 Å². The number of carbonyl (C=O) groups excluding carboxylic acids is 1. The Labute approximate surface area is 124 Å². The van der Waals surface area contributed by atoms with Crippen molar-refractivity contribution in [2.45, 2.75) is 6.92 Å². The third-order valence-electron chi connectivity index (χ3n) is 3.82. The first-order chi connectivity index (χ1) is 10.0. The molecular weight excluding hydrogens is 273 g/mol. The minimum absolute atomic E-state index is 0.153. The molecule has 0 saturated carbocycles. The molecule has 21 heavy (non-hydrogen) atoms. The van der Waals surface area contributed by atoms with E-state index >= 15 is 0 Å². The van der Waals surface area contributed by atoms with E-state index in [1.807, 2.05) is 0 Å². The lowest BCUT2D eigenvalue weighted by Gasteiger charge is -2.35. The summed E-state index contributed by atoms with van der Waals surface area (Å²) in [7, 11) is 0. The molecule has 1 saturated heterocycles. The van der Waals surface area contributed by atoms with Crippen molar-refractivity contribution in [2.75, 3.05) is 39.3 Å². The van der Waals surface area contributed by atoms with Gasteiger partial charge in [0.2, 0.25) is 0 Å². The van der Waals surface area contributed by atoms with E-state index in [2.05, 4.69) is 11.8 Å². The Balaban J connectivity index is 1.94. The Kier molecular flexibility index (Phi) is 5.14. The predicted molar refractivity (Wildman–Crippen MR) is 78.6 cm³/mol. The minimum Gasteiger partial charge on any atom is -0.507 e. The molecule has 1 aromatic carbocycles. The van der Waals surface area contributed by atoms with Crippen LogP contribution in [0.15, 0.2) is 18.2 Å². The Hall–Kier alpha value is -1.66. The zero-order chi connectivity index (χ0) is 15.4. The molecule has 0 aromatic heterocycles. The number of nitrogens with zero attached hydrogens (tertiary/aromatic N) is 2. The molecule has 0 bridgehead atoms. The largest absolute Gasteiger partial charge is 0.507 e. The van der Waals surface area contributed by atoms with Gasteiger partial charge in [0.05, 0.1) is 5.56 Å². The third kappa shape index (κ3) is 3.92. The maximum atomic E-state index is 13.0. The van der Waals surface area contributed by atoms with Crippen molar-refractivity contribution in [1.82, 2.24) is 9.80 Å². The Bertz CT molecular complexity index is 502. The lowest BCUT2D eigenvalue weighted by Crippen LogP contribution is -2.50. The maximum Gasteiger partial charge on any atom is 0.257 e. The average Bonchev–Trinajstić information content (AvgIpc) is 2.47. The number of benzene rings is 1. The van der Waals surface area contributed by atoms with Gasteiger partial charge in [0.1, 0.15) is 11.6 Å². The number of phenolic OH excluding ortho intramolecular Hbond substituents is 1. The fourth-order valence-electron chi connectivity index (χ4n) is 2.50. The van der Waals surface area contributed by atoms with Crippen molar-refractivity contribution in [3.8, 4) is 5.75 Å². The van der Waals surface area contributed by atoms with Crippen LogP contribution in [0.3, 0.4) is 0 Å². The van der Waals surface area contributed by atoms with Crippen LogP contribution in [-0.2, 0) is 0 Å². The van der Waals surface area contributed by atoms with Crippen LogP contribution >= 0.6 is 0 Å². The van der Waals surface area contributed by atoms with Gasteiger partial charge in [-0.2, -0.15) is 0 Å². The number of carbonyl (C=O) groups is 1. The second-order valence-electron chi connectivity index (χ2n) is 5.60. The average molecular weight is 295 g/mol. The molecule has 5 nitrogen and oxygen atoms in total. The summed E-state index contributed by atoms with van der Waals surface area (Å²) >= 11 is 0. The first-order valence-electron chi connectivity index (χ1n) is 7.21. The number of piperazine rings is 1. The summed E-state index contributed by atoms with van der Waals surface area (Å²) in [6.45, 7) is 6.48. The van der Waals surface area contributed by atoms with Crippen LogP contribution in [0.2, 0.25) is 0 Å². The van der Waals surface area contributed by atoms with Crippen molar-refractivity contribution in [3.05, 3.63) is 29.6 Å². The van der Waals surface area contributed by atoms with Gasteiger partial charge < -0.3 is 15.7 Å². The molecule has 116 valence electrons. The van der Waals surface area contributed by atoms with Gasteiger partial charge in [-0.25, -0.2) is 4.39 Å². The summed E-state index contributed by atoms with van der Waals surface area (Å²) in [5.41, 5.74) is 5.77. The second-order valence-corrected chi connectivity index (χ2v) is 5.60. The fraction of sp³-hybridized carbons (Fsp3) is 0.533. The summed E-state index contributed by atoms with van der Waals surface area (Å²) in [6, 6.07) is 3.48. The Morgan fingerprint density at radius 1 is 1.38 bits per heavy atom. The van der Waals surface area contributed by atoms with E-state index in [1.165, 1.54) is 12.1 Å². The number of hydrogen-bond donors (Lipinski definition) is 2. The van der Waals surface area contributed by atoms with Crippen molar-refractivity contribution in [3.63, 3.8) is 0 Å². The number of aromatic hydroxyl groups is 1. The van der Waals surface area contributed by atoms with Gasteiger partial charge in [-0.1, -0.05) is 6.92 Å². The van der Waals surface area contributed by atoms with Gasteiger partial charge in [-0.15, -0.1) is 0 Å². The standard InChI is InChI=1S/C15H22FN3O2/c1-11(9-17)10-18-4-6-19(7-5-18)15(21)13-3-2-12(16)8-14(13)20/h2-3,8,11,20H,4-7,9-10,17H2,1H3. The van der Waals surface area contributed by atoms with Gasteiger partial charge >= 0.3 is 0 Å². The SMILES string of the molecule is CC(CN)CN1CCN(C(=O)c2ccc(F)cc2O)CC1. The molecule has 2 rings (SSSR count). The van der Waals surface area contributed by atoms with Gasteiger partial charge in [0.25, 0.3) is 5.91 Å². The van der Waals surface area contributed by atoms with Gasteiger partial charge in [-0.3, -0.25) is 9.69 Å². The molecule has 1 fully saturated rings. The molecule has 1 aliphatic rings. The monoisotopic (exact) mass is 295 g/mol. The summed E-state index contributed by atoms with van der Waals surface area (Å²) in [5, 5.41) is 9.68. The zero-order valence-corrected chi connectivity index (χ0v) is 12.3. The number of hydrogen-bond acceptors (Lipinski definition) is 4. The van der Waals surface area contributed by atoms with Crippen molar-refractivity contribution in [1.29, 1.82) is 0 Å². The molecule has 1 unspecified atom stereocenters. The first kappa shape index (κ1) is 15.7. The summed E-state index contributed by atoms with van der Waals surface area (Å²) < 4.78 is 13.0. The fourth-order valence-corrected chi connectivity index (χ4v) is 2.50. The quantitative estimate of drug-likeness (QED) is 0.865. The molecule has 1 aliphatic heterocycles. The van der Waals surface area contributed by atoms with Gasteiger partial charge in [0.15, 0.2) is 0 Å². The number of nitrogens with two attached hydrogens (primary N) is 1. The molecule has 3 N–H and O–H groups in total. The summed E-state index contributed by atoms with van der Waals surface area (Å²) in [6.07, 6.45) is 0. The Morgan fingerprint density at radius 3 is 2.62 bits per heavy atom. The van der Waals surface area contributed by atoms with Crippen molar-refractivity contribution < 1.29 is 14.3 Å². The summed E-state index contributed by atoms with van der Waals surface area (Å²) in [5.74, 6) is -0.670. The second kappa shape index (κ2) is 6.87. The van der Waals surface area contributed by atoms with Crippen LogP contribution in [0, 0.1) is 11.7 Å². The van der Waals surface area contributed by atoms with Crippen molar-refractivity contribution in [2.24, 2.45) is 11.7 Å². The molecule has 1 aromatic rings. The zero-order valence-electron chi connectivity index (χ0n) is 12.3. The number of amides is 1. The molecular formula is C15H22FN3O2. The van der Waals surface area contributed by atoms with Crippen LogP contribution in [0.25, 0.3) is 0 Å². The highest BCUT2D eigenvalue weighted by Crippen LogP contribution is 2.20. The maximum absolute atomic E-state index is 13.0. The van der Waals surface area contributed by atoms with Crippen LogP contribution in [-0.4, -0.2) is 60.1 Å². The van der Waals surface area contributed by atoms with Crippen LogP contribution in [0.5, 0.6) is 5.75 Å². The van der Waals surface area contributed by atoms with E-state index in [4.69, 9.17) is 5.73 Å². The van der Waals surface area contributed by atoms with Crippen LogP contribution in [0.4, 0.5) is 4.39 Å². The first-order valence-corrected chi connectivity index (χ1v) is 7.21. The predicted octanol–water partition coefficient (Wildman–Crippen LogP) is 0.884.